The summed E-state index contributed by atoms with van der Waals surface area (Å²) < 4.78 is 0. The van der Waals surface area contributed by atoms with Gasteiger partial charge in [0.05, 0.1) is 11.4 Å². The average molecular weight is 431 g/mol. The Kier molecular flexibility index (Phi) is 7.77. The number of amides is 2. The van der Waals surface area contributed by atoms with Crippen molar-refractivity contribution in [2.24, 2.45) is 0 Å². The molecule has 0 saturated heterocycles. The molecule has 32 heavy (non-hydrogen) atoms. The summed E-state index contributed by atoms with van der Waals surface area (Å²) in [6.07, 6.45) is 0.824. The smallest absolute Gasteiger partial charge is 0.222 e. The number of carbonyl (C=O) groups is 3. The van der Waals surface area contributed by atoms with Gasteiger partial charge in [0.1, 0.15) is 17.9 Å². The van der Waals surface area contributed by atoms with E-state index >= 15 is 0 Å². The molecule has 8 nitrogen and oxygen atoms in total. The SMILES string of the molecule is CC(=O)Nc1cccc(CN(Cc2cccc(C=O)c2)Cc2cccc(NC(C)=O)n2)n1. The highest BCUT2D eigenvalue weighted by molar-refractivity contribution is 5.88. The number of rotatable bonds is 9. The zero-order valence-corrected chi connectivity index (χ0v) is 18.0. The van der Waals surface area contributed by atoms with Gasteiger partial charge in [0.2, 0.25) is 11.8 Å². The van der Waals surface area contributed by atoms with Gasteiger partial charge in [-0.2, -0.15) is 0 Å². The van der Waals surface area contributed by atoms with E-state index in [1.807, 2.05) is 42.5 Å². The van der Waals surface area contributed by atoms with Crippen LogP contribution in [0.5, 0.6) is 0 Å². The first-order chi connectivity index (χ1) is 15.4. The van der Waals surface area contributed by atoms with Crippen LogP contribution in [-0.2, 0) is 29.2 Å². The van der Waals surface area contributed by atoms with E-state index in [0.717, 1.165) is 23.2 Å². The zero-order chi connectivity index (χ0) is 22.9. The molecule has 0 aliphatic rings. The molecule has 0 aliphatic carbocycles. The number of aromatic nitrogens is 2. The molecule has 2 heterocycles. The molecule has 0 atom stereocenters. The van der Waals surface area contributed by atoms with Gasteiger partial charge in [-0.05, 0) is 35.9 Å². The molecule has 3 rings (SSSR count). The van der Waals surface area contributed by atoms with E-state index in [0.29, 0.717) is 36.8 Å². The summed E-state index contributed by atoms with van der Waals surface area (Å²) in [6.45, 7) is 4.41. The first kappa shape index (κ1) is 22.8. The Morgan fingerprint density at radius 1 is 0.812 bits per heavy atom. The predicted octanol–water partition coefficient (Wildman–Crippen LogP) is 3.41. The van der Waals surface area contributed by atoms with Crippen molar-refractivity contribution in [3.8, 4) is 0 Å². The normalized spacial score (nSPS) is 10.6. The van der Waals surface area contributed by atoms with E-state index in [1.54, 1.807) is 18.2 Å². The molecule has 2 amide bonds. The summed E-state index contributed by atoms with van der Waals surface area (Å²) in [4.78, 5) is 45.1. The molecule has 2 N–H and O–H groups in total. The highest BCUT2D eigenvalue weighted by Crippen LogP contribution is 2.16. The van der Waals surface area contributed by atoms with Crippen molar-refractivity contribution in [3.63, 3.8) is 0 Å². The second-order valence-electron chi connectivity index (χ2n) is 7.40. The van der Waals surface area contributed by atoms with E-state index < -0.39 is 0 Å². The number of hydrogen-bond donors (Lipinski definition) is 2. The minimum absolute atomic E-state index is 0.184. The van der Waals surface area contributed by atoms with Crippen LogP contribution in [0.1, 0.15) is 41.2 Å². The average Bonchev–Trinajstić information content (AvgIpc) is 2.73. The van der Waals surface area contributed by atoms with Crippen LogP contribution < -0.4 is 10.6 Å². The molecule has 0 fully saturated rings. The van der Waals surface area contributed by atoms with E-state index in [4.69, 9.17) is 0 Å². The quantitative estimate of drug-likeness (QED) is 0.503. The molecule has 0 bridgehead atoms. The molecule has 2 aromatic heterocycles. The van der Waals surface area contributed by atoms with Gasteiger partial charge in [-0.15, -0.1) is 0 Å². The van der Waals surface area contributed by atoms with Crippen LogP contribution in [0.2, 0.25) is 0 Å². The number of hydrogen-bond acceptors (Lipinski definition) is 6. The third kappa shape index (κ3) is 7.10. The van der Waals surface area contributed by atoms with E-state index in [-0.39, 0.29) is 11.8 Å². The Bertz CT molecular complexity index is 1050. The van der Waals surface area contributed by atoms with Crippen molar-refractivity contribution in [1.82, 2.24) is 14.9 Å². The molecule has 0 radical (unpaired) electrons. The fourth-order valence-corrected chi connectivity index (χ4v) is 3.28. The summed E-state index contributed by atoms with van der Waals surface area (Å²) in [7, 11) is 0. The van der Waals surface area contributed by atoms with Crippen molar-refractivity contribution in [2.75, 3.05) is 10.6 Å². The lowest BCUT2D eigenvalue weighted by atomic mass is 10.1. The maximum atomic E-state index is 11.4. The number of aldehydes is 1. The van der Waals surface area contributed by atoms with Gasteiger partial charge in [-0.3, -0.25) is 19.3 Å². The molecule has 0 aliphatic heterocycles. The highest BCUT2D eigenvalue weighted by atomic mass is 16.2. The molecule has 3 aromatic rings. The van der Waals surface area contributed by atoms with E-state index in [2.05, 4.69) is 25.5 Å². The summed E-state index contributed by atoms with van der Waals surface area (Å²) in [5.74, 6) is 0.611. The first-order valence-corrected chi connectivity index (χ1v) is 10.1. The molecule has 0 unspecified atom stereocenters. The van der Waals surface area contributed by atoms with Gasteiger partial charge in [0.25, 0.3) is 0 Å². The topological polar surface area (TPSA) is 104 Å². The second-order valence-corrected chi connectivity index (χ2v) is 7.40. The van der Waals surface area contributed by atoms with Gasteiger partial charge < -0.3 is 10.6 Å². The standard InChI is InChI=1S/C24H25N5O3/c1-17(31)25-23-10-4-8-21(27-23)14-29(13-19-6-3-7-20(12-19)16-30)15-22-9-5-11-24(28-22)26-18(2)32/h3-12,16H,13-15H2,1-2H3,(H,25,27,31)(H,26,28,32). The molecule has 1 aromatic carbocycles. The molecule has 0 saturated carbocycles. The monoisotopic (exact) mass is 431 g/mol. The maximum absolute atomic E-state index is 11.4. The highest BCUT2D eigenvalue weighted by Gasteiger charge is 2.12. The lowest BCUT2D eigenvalue weighted by molar-refractivity contribution is -0.115. The number of carbonyl (C=O) groups excluding carboxylic acids is 3. The summed E-state index contributed by atoms with van der Waals surface area (Å²) in [5, 5.41) is 5.40. The number of pyridine rings is 2. The number of nitrogens with zero attached hydrogens (tertiary/aromatic N) is 3. The van der Waals surface area contributed by atoms with Crippen LogP contribution in [0, 0.1) is 0 Å². The molecular weight excluding hydrogens is 406 g/mol. The van der Waals surface area contributed by atoms with Crippen LogP contribution in [0.25, 0.3) is 0 Å². The second kappa shape index (κ2) is 10.9. The van der Waals surface area contributed by atoms with E-state index in [1.165, 1.54) is 13.8 Å². The van der Waals surface area contributed by atoms with Gasteiger partial charge >= 0.3 is 0 Å². The van der Waals surface area contributed by atoms with Crippen LogP contribution in [0.4, 0.5) is 11.6 Å². The van der Waals surface area contributed by atoms with Crippen molar-refractivity contribution >= 4 is 29.7 Å². The first-order valence-electron chi connectivity index (χ1n) is 10.1. The van der Waals surface area contributed by atoms with E-state index in [9.17, 15) is 14.4 Å². The van der Waals surface area contributed by atoms with Crippen LogP contribution in [0.15, 0.2) is 60.7 Å². The van der Waals surface area contributed by atoms with Crippen LogP contribution in [0.3, 0.4) is 0 Å². The number of anilines is 2. The van der Waals surface area contributed by atoms with Crippen molar-refractivity contribution in [2.45, 2.75) is 33.5 Å². The fraction of sp³-hybridized carbons (Fsp3) is 0.208. The molecule has 0 spiro atoms. The van der Waals surface area contributed by atoms with Crippen molar-refractivity contribution in [1.29, 1.82) is 0 Å². The Labute approximate surface area is 186 Å². The number of nitrogens with one attached hydrogen (secondary N) is 2. The largest absolute Gasteiger partial charge is 0.311 e. The maximum Gasteiger partial charge on any atom is 0.222 e. The third-order valence-corrected chi connectivity index (χ3v) is 4.49. The van der Waals surface area contributed by atoms with Gasteiger partial charge in [-0.1, -0.05) is 30.3 Å². The third-order valence-electron chi connectivity index (χ3n) is 4.49. The summed E-state index contributed by atoms with van der Waals surface area (Å²) in [6, 6.07) is 18.4. The van der Waals surface area contributed by atoms with Crippen LogP contribution >= 0.6 is 0 Å². The molecule has 164 valence electrons. The Morgan fingerprint density at radius 2 is 1.34 bits per heavy atom. The zero-order valence-electron chi connectivity index (χ0n) is 18.0. The van der Waals surface area contributed by atoms with Crippen LogP contribution in [-0.4, -0.2) is 33.0 Å². The number of benzene rings is 1. The lowest BCUT2D eigenvalue weighted by Gasteiger charge is -2.22. The Balaban J connectivity index is 1.84. The molecular formula is C24H25N5O3. The Hall–Kier alpha value is -3.91. The minimum atomic E-state index is -0.184. The predicted molar refractivity (Wildman–Crippen MR) is 122 cm³/mol. The van der Waals surface area contributed by atoms with Gasteiger partial charge in [0.15, 0.2) is 0 Å². The minimum Gasteiger partial charge on any atom is -0.311 e. The van der Waals surface area contributed by atoms with Crippen molar-refractivity contribution in [3.05, 3.63) is 83.2 Å². The molecule has 8 heteroatoms. The summed E-state index contributed by atoms with van der Waals surface area (Å²) in [5.41, 5.74) is 3.14. The van der Waals surface area contributed by atoms with Crippen molar-refractivity contribution < 1.29 is 14.4 Å². The lowest BCUT2D eigenvalue weighted by Crippen LogP contribution is -2.24. The Morgan fingerprint density at radius 3 is 1.84 bits per heavy atom. The van der Waals surface area contributed by atoms with Gasteiger partial charge in [0, 0.05) is 39.0 Å². The van der Waals surface area contributed by atoms with Gasteiger partial charge in [-0.25, -0.2) is 9.97 Å². The fourth-order valence-electron chi connectivity index (χ4n) is 3.28. The summed E-state index contributed by atoms with van der Waals surface area (Å²) >= 11 is 0.